The van der Waals surface area contributed by atoms with E-state index in [9.17, 15) is 18.3 Å². The average Bonchev–Trinajstić information content (AvgIpc) is 2.81. The molecule has 1 aromatic carbocycles. The normalized spacial score (nSPS) is 15.1. The van der Waals surface area contributed by atoms with Crippen molar-refractivity contribution in [2.75, 3.05) is 5.73 Å². The van der Waals surface area contributed by atoms with Crippen LogP contribution in [0, 0.1) is 6.92 Å². The molecule has 0 saturated carbocycles. The molecule has 0 amide bonds. The second kappa shape index (κ2) is 4.75. The summed E-state index contributed by atoms with van der Waals surface area (Å²) < 4.78 is 38.3. The SMILES string of the molecule is Cc1c(N)cccc1-c1cnc(C(C)(O)C(F)(F)F)s1. The predicted octanol–water partition coefficient (Wildman–Crippen LogP) is 3.47. The molecule has 0 aliphatic heterocycles. The quantitative estimate of drug-likeness (QED) is 0.835. The Labute approximate surface area is 117 Å². The Hall–Kier alpha value is -1.60. The van der Waals surface area contributed by atoms with Crippen molar-refractivity contribution >= 4 is 17.0 Å². The lowest BCUT2D eigenvalue weighted by molar-refractivity contribution is -0.258. The van der Waals surface area contributed by atoms with Crippen LogP contribution in [0.25, 0.3) is 10.4 Å². The van der Waals surface area contributed by atoms with Gasteiger partial charge >= 0.3 is 6.18 Å². The Bertz CT molecular complexity index is 635. The van der Waals surface area contributed by atoms with Gasteiger partial charge in [0.2, 0.25) is 5.60 Å². The zero-order valence-electron chi connectivity index (χ0n) is 10.8. The van der Waals surface area contributed by atoms with E-state index in [2.05, 4.69) is 4.98 Å². The van der Waals surface area contributed by atoms with Crippen molar-refractivity contribution < 1.29 is 18.3 Å². The molecule has 1 unspecified atom stereocenters. The number of halogens is 3. The van der Waals surface area contributed by atoms with Crippen molar-refractivity contribution in [3.8, 4) is 10.4 Å². The summed E-state index contributed by atoms with van der Waals surface area (Å²) in [5.74, 6) is 0. The van der Waals surface area contributed by atoms with Crippen LogP contribution in [0.15, 0.2) is 24.4 Å². The number of hydrogen-bond acceptors (Lipinski definition) is 4. The van der Waals surface area contributed by atoms with Crippen LogP contribution in [0.5, 0.6) is 0 Å². The Balaban J connectivity index is 2.47. The summed E-state index contributed by atoms with van der Waals surface area (Å²) in [6.45, 7) is 2.48. The zero-order valence-corrected chi connectivity index (χ0v) is 11.6. The number of thiazole rings is 1. The summed E-state index contributed by atoms with van der Waals surface area (Å²) in [5, 5.41) is 9.22. The number of hydrogen-bond donors (Lipinski definition) is 2. The van der Waals surface area contributed by atoms with E-state index in [1.54, 1.807) is 25.1 Å². The van der Waals surface area contributed by atoms with E-state index in [0.717, 1.165) is 16.9 Å². The van der Waals surface area contributed by atoms with Gasteiger partial charge in [-0.25, -0.2) is 4.98 Å². The maximum atomic E-state index is 12.8. The van der Waals surface area contributed by atoms with Crippen LogP contribution < -0.4 is 5.73 Å². The first-order chi connectivity index (χ1) is 9.14. The van der Waals surface area contributed by atoms with Gasteiger partial charge in [0, 0.05) is 11.9 Å². The maximum absolute atomic E-state index is 12.8. The first kappa shape index (κ1) is 14.8. The van der Waals surface area contributed by atoms with E-state index in [0.29, 0.717) is 23.1 Å². The Morgan fingerprint density at radius 1 is 1.30 bits per heavy atom. The molecule has 2 rings (SSSR count). The number of aromatic nitrogens is 1. The van der Waals surface area contributed by atoms with Gasteiger partial charge in [-0.3, -0.25) is 0 Å². The Morgan fingerprint density at radius 2 is 1.95 bits per heavy atom. The van der Waals surface area contributed by atoms with E-state index in [4.69, 9.17) is 5.73 Å². The Kier molecular flexibility index (Phi) is 3.51. The lowest BCUT2D eigenvalue weighted by atomic mass is 10.1. The second-order valence-corrected chi connectivity index (χ2v) is 5.65. The van der Waals surface area contributed by atoms with Crippen LogP contribution in [0.4, 0.5) is 18.9 Å². The molecule has 3 N–H and O–H groups in total. The molecule has 108 valence electrons. The van der Waals surface area contributed by atoms with E-state index in [1.165, 1.54) is 6.20 Å². The number of nitrogen functional groups attached to an aromatic ring is 1. The van der Waals surface area contributed by atoms with Gasteiger partial charge in [0.15, 0.2) is 0 Å². The molecule has 20 heavy (non-hydrogen) atoms. The molecule has 0 aliphatic carbocycles. The fourth-order valence-electron chi connectivity index (χ4n) is 1.67. The molecule has 1 aromatic heterocycles. The summed E-state index contributed by atoms with van der Waals surface area (Å²) in [6, 6.07) is 5.19. The van der Waals surface area contributed by atoms with Gasteiger partial charge in [0.25, 0.3) is 0 Å². The fraction of sp³-hybridized carbons (Fsp3) is 0.308. The van der Waals surface area contributed by atoms with Gasteiger partial charge in [-0.05, 0) is 31.0 Å². The first-order valence-corrected chi connectivity index (χ1v) is 6.57. The van der Waals surface area contributed by atoms with E-state index < -0.39 is 11.8 Å². The molecule has 2 aromatic rings. The molecule has 3 nitrogen and oxygen atoms in total. The van der Waals surface area contributed by atoms with Crippen molar-refractivity contribution in [2.24, 2.45) is 0 Å². The highest BCUT2D eigenvalue weighted by Crippen LogP contribution is 2.42. The van der Waals surface area contributed by atoms with Crippen molar-refractivity contribution in [3.05, 3.63) is 35.0 Å². The van der Waals surface area contributed by atoms with Gasteiger partial charge < -0.3 is 10.8 Å². The summed E-state index contributed by atoms with van der Waals surface area (Å²) >= 11 is 0.806. The highest BCUT2D eigenvalue weighted by atomic mass is 32.1. The average molecular weight is 302 g/mol. The summed E-state index contributed by atoms with van der Waals surface area (Å²) in [4.78, 5) is 4.25. The molecule has 0 saturated heterocycles. The van der Waals surface area contributed by atoms with E-state index in [-0.39, 0.29) is 5.01 Å². The van der Waals surface area contributed by atoms with Crippen molar-refractivity contribution in [3.63, 3.8) is 0 Å². The second-order valence-electron chi connectivity index (χ2n) is 4.62. The number of rotatable bonds is 2. The first-order valence-electron chi connectivity index (χ1n) is 5.75. The van der Waals surface area contributed by atoms with Crippen LogP contribution in [0.1, 0.15) is 17.5 Å². The van der Waals surface area contributed by atoms with E-state index in [1.807, 2.05) is 0 Å². The molecule has 0 aliphatic rings. The molecule has 0 spiro atoms. The van der Waals surface area contributed by atoms with Crippen LogP contribution >= 0.6 is 11.3 Å². The summed E-state index contributed by atoms with van der Waals surface area (Å²) in [7, 11) is 0. The minimum Gasteiger partial charge on any atom is -0.398 e. The van der Waals surface area contributed by atoms with Gasteiger partial charge in [-0.2, -0.15) is 13.2 Å². The van der Waals surface area contributed by atoms with Crippen LogP contribution in [0.2, 0.25) is 0 Å². The number of anilines is 1. The third kappa shape index (κ3) is 2.38. The number of nitrogens with two attached hydrogens (primary N) is 1. The number of aliphatic hydroxyl groups is 1. The van der Waals surface area contributed by atoms with Crippen molar-refractivity contribution in [1.82, 2.24) is 4.98 Å². The third-order valence-corrected chi connectivity index (χ3v) is 4.36. The maximum Gasteiger partial charge on any atom is 0.423 e. The van der Waals surface area contributed by atoms with Gasteiger partial charge in [0.1, 0.15) is 5.01 Å². The number of alkyl halides is 3. The fourth-order valence-corrected chi connectivity index (χ4v) is 2.73. The Morgan fingerprint density at radius 3 is 2.55 bits per heavy atom. The zero-order chi connectivity index (χ0) is 15.1. The number of nitrogens with zero attached hydrogens (tertiary/aromatic N) is 1. The lowest BCUT2D eigenvalue weighted by Crippen LogP contribution is -2.39. The van der Waals surface area contributed by atoms with Crippen molar-refractivity contribution in [2.45, 2.75) is 25.6 Å². The molecular formula is C13H13F3N2OS. The molecular weight excluding hydrogens is 289 g/mol. The number of benzene rings is 1. The molecule has 1 atom stereocenters. The topological polar surface area (TPSA) is 59.1 Å². The summed E-state index contributed by atoms with van der Waals surface area (Å²) in [5.41, 5.74) is 4.86. The van der Waals surface area contributed by atoms with Crippen LogP contribution in [0.3, 0.4) is 0 Å². The highest BCUT2D eigenvalue weighted by molar-refractivity contribution is 7.15. The van der Waals surface area contributed by atoms with Gasteiger partial charge in [0.05, 0.1) is 4.88 Å². The summed E-state index contributed by atoms with van der Waals surface area (Å²) in [6.07, 6.45) is -3.45. The largest absolute Gasteiger partial charge is 0.423 e. The smallest absolute Gasteiger partial charge is 0.398 e. The minimum absolute atomic E-state index is 0.387. The third-order valence-electron chi connectivity index (χ3n) is 3.12. The molecule has 0 bridgehead atoms. The monoisotopic (exact) mass is 302 g/mol. The standard InChI is InChI=1S/C13H13F3N2OS/c1-7-8(4-3-5-9(7)17)10-6-18-11(20-10)12(2,19)13(14,15)16/h3-6,19H,17H2,1-2H3. The molecule has 7 heteroatoms. The van der Waals surface area contributed by atoms with Crippen molar-refractivity contribution in [1.29, 1.82) is 0 Å². The van der Waals surface area contributed by atoms with Crippen LogP contribution in [-0.2, 0) is 5.60 Å². The van der Waals surface area contributed by atoms with Gasteiger partial charge in [-0.1, -0.05) is 12.1 Å². The predicted molar refractivity (Wildman–Crippen MR) is 72.3 cm³/mol. The minimum atomic E-state index is -4.77. The molecule has 0 radical (unpaired) electrons. The molecule has 1 heterocycles. The van der Waals surface area contributed by atoms with Gasteiger partial charge in [-0.15, -0.1) is 11.3 Å². The van der Waals surface area contributed by atoms with E-state index >= 15 is 0 Å². The lowest BCUT2D eigenvalue weighted by Gasteiger charge is -2.23. The highest BCUT2D eigenvalue weighted by Gasteiger charge is 2.53. The molecule has 0 fully saturated rings. The van der Waals surface area contributed by atoms with Crippen LogP contribution in [-0.4, -0.2) is 16.3 Å².